The predicted molar refractivity (Wildman–Crippen MR) is 129 cm³/mol. The Labute approximate surface area is 204 Å². The number of aromatic nitrogens is 3. The number of nitrogens with one attached hydrogen (secondary N) is 1. The van der Waals surface area contributed by atoms with Gasteiger partial charge in [0.1, 0.15) is 11.6 Å². The normalized spacial score (nSPS) is 17.1. The van der Waals surface area contributed by atoms with Crippen LogP contribution in [0.25, 0.3) is 16.8 Å². The van der Waals surface area contributed by atoms with E-state index in [1.807, 2.05) is 0 Å². The molecule has 3 heterocycles. The van der Waals surface area contributed by atoms with E-state index in [-0.39, 0.29) is 22.6 Å². The smallest absolute Gasteiger partial charge is 0.302 e. The fourth-order valence-corrected chi connectivity index (χ4v) is 4.29. The molecule has 2 N–H and O–H groups in total. The van der Waals surface area contributed by atoms with E-state index in [2.05, 4.69) is 15.0 Å². The Morgan fingerprint density at radius 3 is 2.53 bits per heavy atom. The number of aliphatic hydroxyl groups is 1. The van der Waals surface area contributed by atoms with Crippen LogP contribution in [0.2, 0.25) is 0 Å². The van der Waals surface area contributed by atoms with Crippen molar-refractivity contribution in [1.82, 2.24) is 15.0 Å². The maximum Gasteiger partial charge on any atom is 0.302 e. The van der Waals surface area contributed by atoms with Gasteiger partial charge in [0.05, 0.1) is 36.9 Å². The zero-order valence-corrected chi connectivity index (χ0v) is 19.6. The largest absolute Gasteiger partial charge is 0.507 e. The Morgan fingerprint density at radius 2 is 1.86 bits per heavy atom. The van der Waals surface area contributed by atoms with Crippen LogP contribution in [-0.4, -0.2) is 46.0 Å². The molecule has 1 atom stereocenters. The summed E-state index contributed by atoms with van der Waals surface area (Å²) in [4.78, 5) is 39.5. The number of H-pyrrole nitrogens is 1. The Hall–Kier alpha value is -4.73. The number of halogens is 1. The van der Waals surface area contributed by atoms with E-state index >= 15 is 0 Å². The number of anilines is 1. The Kier molecular flexibility index (Phi) is 5.63. The van der Waals surface area contributed by atoms with Crippen LogP contribution in [0.5, 0.6) is 11.5 Å². The SMILES string of the molecule is COc1cc2nc(N3C(=O)C(=O)/C(=C(/O)c4ccc(F)c(C)c4)C3c3cccnc3)[nH]c2cc1OC. The van der Waals surface area contributed by atoms with Gasteiger partial charge in [0.15, 0.2) is 11.5 Å². The molecule has 9 nitrogen and oxygen atoms in total. The monoisotopic (exact) mass is 488 g/mol. The van der Waals surface area contributed by atoms with E-state index in [0.717, 1.165) is 0 Å². The second kappa shape index (κ2) is 8.81. The minimum absolute atomic E-state index is 0.0885. The molecule has 0 spiro atoms. The first-order valence-electron chi connectivity index (χ1n) is 10.9. The van der Waals surface area contributed by atoms with Crippen molar-refractivity contribution in [3.63, 3.8) is 0 Å². The number of pyridine rings is 1. The minimum Gasteiger partial charge on any atom is -0.507 e. The third kappa shape index (κ3) is 3.63. The standard InChI is InChI=1S/C26H21FN4O5/c1-13-9-14(6-7-16(13)27)23(32)21-22(15-5-4-8-28-12-15)31(25(34)24(21)33)26-29-17-10-19(35-2)20(36-3)11-18(17)30-26/h4-12,22,32H,1-3H3,(H,29,30)/b23-21+. The van der Waals surface area contributed by atoms with Crippen molar-refractivity contribution in [3.05, 3.63) is 82.9 Å². The van der Waals surface area contributed by atoms with Crippen molar-refractivity contribution in [2.45, 2.75) is 13.0 Å². The molecule has 1 amide bonds. The molecular weight excluding hydrogens is 467 g/mol. The topological polar surface area (TPSA) is 118 Å². The van der Waals surface area contributed by atoms with Gasteiger partial charge in [-0.2, -0.15) is 0 Å². The maximum absolute atomic E-state index is 13.8. The van der Waals surface area contributed by atoms with Crippen molar-refractivity contribution in [1.29, 1.82) is 0 Å². The molecule has 182 valence electrons. The van der Waals surface area contributed by atoms with Gasteiger partial charge >= 0.3 is 5.91 Å². The summed E-state index contributed by atoms with van der Waals surface area (Å²) in [7, 11) is 2.99. The summed E-state index contributed by atoms with van der Waals surface area (Å²) in [5, 5.41) is 11.2. The van der Waals surface area contributed by atoms with E-state index in [9.17, 15) is 19.1 Å². The number of ketones is 1. The van der Waals surface area contributed by atoms with Crippen LogP contribution < -0.4 is 14.4 Å². The first kappa shape index (κ1) is 23.0. The Balaban J connectivity index is 1.71. The van der Waals surface area contributed by atoms with Crippen LogP contribution in [0, 0.1) is 12.7 Å². The third-order valence-electron chi connectivity index (χ3n) is 6.08. The van der Waals surface area contributed by atoms with E-state index in [1.54, 1.807) is 37.4 Å². The quantitative estimate of drug-likeness (QED) is 0.247. The van der Waals surface area contributed by atoms with Gasteiger partial charge < -0.3 is 19.6 Å². The predicted octanol–water partition coefficient (Wildman–Crippen LogP) is 4.05. The summed E-state index contributed by atoms with van der Waals surface area (Å²) in [6, 6.07) is 9.59. The molecule has 2 aromatic heterocycles. The number of carbonyl (C=O) groups is 2. The van der Waals surface area contributed by atoms with Crippen molar-refractivity contribution in [3.8, 4) is 11.5 Å². The minimum atomic E-state index is -1.03. The number of Topliss-reactive ketones (excluding diaryl/α,β-unsaturated/α-hetero) is 1. The lowest BCUT2D eigenvalue weighted by atomic mass is 9.96. The molecular formula is C26H21FN4O5. The number of amides is 1. The molecule has 5 rings (SSSR count). The lowest BCUT2D eigenvalue weighted by Crippen LogP contribution is -2.30. The summed E-state index contributed by atoms with van der Waals surface area (Å²) in [6.07, 6.45) is 3.06. The van der Waals surface area contributed by atoms with Gasteiger partial charge in [-0.05, 0) is 42.3 Å². The molecule has 1 aliphatic heterocycles. The van der Waals surface area contributed by atoms with Crippen LogP contribution in [0.4, 0.5) is 10.3 Å². The van der Waals surface area contributed by atoms with Gasteiger partial charge in [0.25, 0.3) is 5.78 Å². The lowest BCUT2D eigenvalue weighted by molar-refractivity contribution is -0.132. The second-order valence-corrected chi connectivity index (χ2v) is 8.20. The Bertz CT molecular complexity index is 1510. The van der Waals surface area contributed by atoms with Crippen molar-refractivity contribution >= 4 is 34.4 Å². The summed E-state index contributed by atoms with van der Waals surface area (Å²) in [5.41, 5.74) is 1.83. The number of rotatable bonds is 5. The number of ether oxygens (including phenoxy) is 2. The Morgan fingerprint density at radius 1 is 1.11 bits per heavy atom. The van der Waals surface area contributed by atoms with Crippen molar-refractivity contribution in [2.24, 2.45) is 0 Å². The summed E-state index contributed by atoms with van der Waals surface area (Å²) >= 11 is 0. The van der Waals surface area contributed by atoms with Crippen molar-refractivity contribution in [2.75, 3.05) is 19.1 Å². The van der Waals surface area contributed by atoms with Gasteiger partial charge in [0.2, 0.25) is 5.95 Å². The van der Waals surface area contributed by atoms with Crippen LogP contribution in [-0.2, 0) is 9.59 Å². The molecule has 0 radical (unpaired) electrons. The second-order valence-electron chi connectivity index (χ2n) is 8.20. The van der Waals surface area contributed by atoms with Crippen LogP contribution in [0.15, 0.2) is 60.4 Å². The first-order valence-corrected chi connectivity index (χ1v) is 10.9. The molecule has 10 heteroatoms. The highest BCUT2D eigenvalue weighted by Crippen LogP contribution is 2.42. The fourth-order valence-electron chi connectivity index (χ4n) is 4.29. The number of aryl methyl sites for hydroxylation is 1. The molecule has 4 aromatic rings. The van der Waals surface area contributed by atoms with Gasteiger partial charge in [-0.25, -0.2) is 9.37 Å². The number of aliphatic hydroxyl groups excluding tert-OH is 1. The van der Waals surface area contributed by atoms with Crippen LogP contribution in [0.3, 0.4) is 0 Å². The van der Waals surface area contributed by atoms with Gasteiger partial charge in [-0.3, -0.25) is 19.5 Å². The summed E-state index contributed by atoms with van der Waals surface area (Å²) < 4.78 is 24.5. The van der Waals surface area contributed by atoms with Gasteiger partial charge in [0, 0.05) is 30.1 Å². The number of imidazole rings is 1. The highest BCUT2D eigenvalue weighted by Gasteiger charge is 2.48. The highest BCUT2D eigenvalue weighted by atomic mass is 19.1. The molecule has 1 saturated heterocycles. The number of fused-ring (bicyclic) bond motifs is 1. The number of aromatic amines is 1. The van der Waals surface area contributed by atoms with E-state index in [4.69, 9.17) is 9.47 Å². The lowest BCUT2D eigenvalue weighted by Gasteiger charge is -2.22. The number of hydrogen-bond acceptors (Lipinski definition) is 7. The maximum atomic E-state index is 13.8. The van der Waals surface area contributed by atoms with Crippen molar-refractivity contribution < 1.29 is 28.6 Å². The number of hydrogen-bond donors (Lipinski definition) is 2. The zero-order chi connectivity index (χ0) is 25.6. The molecule has 0 saturated carbocycles. The number of carbonyl (C=O) groups excluding carboxylic acids is 2. The van der Waals surface area contributed by atoms with E-state index in [0.29, 0.717) is 28.1 Å². The average molecular weight is 488 g/mol. The molecule has 1 fully saturated rings. The number of methoxy groups -OCH3 is 2. The van der Waals surface area contributed by atoms with Crippen LogP contribution >= 0.6 is 0 Å². The molecule has 36 heavy (non-hydrogen) atoms. The fraction of sp³-hybridized carbons (Fsp3) is 0.154. The van der Waals surface area contributed by atoms with E-state index < -0.39 is 29.3 Å². The molecule has 0 bridgehead atoms. The number of nitrogens with zero attached hydrogens (tertiary/aromatic N) is 3. The molecule has 0 aliphatic carbocycles. The molecule has 2 aromatic carbocycles. The third-order valence-corrected chi connectivity index (χ3v) is 6.08. The number of benzene rings is 2. The molecule has 1 aliphatic rings. The average Bonchev–Trinajstić information content (AvgIpc) is 3.42. The molecule has 1 unspecified atom stereocenters. The zero-order valence-electron chi connectivity index (χ0n) is 19.6. The summed E-state index contributed by atoms with van der Waals surface area (Å²) in [6.45, 7) is 1.54. The van der Waals surface area contributed by atoms with E-state index in [1.165, 1.54) is 43.5 Å². The first-order chi connectivity index (χ1) is 17.3. The van der Waals surface area contributed by atoms with Crippen LogP contribution in [0.1, 0.15) is 22.7 Å². The summed E-state index contributed by atoms with van der Waals surface area (Å²) in [5.74, 6) is -1.68. The van der Waals surface area contributed by atoms with Gasteiger partial charge in [-0.15, -0.1) is 0 Å². The van der Waals surface area contributed by atoms with Gasteiger partial charge in [-0.1, -0.05) is 6.07 Å². The highest BCUT2D eigenvalue weighted by molar-refractivity contribution is 6.51.